The summed E-state index contributed by atoms with van der Waals surface area (Å²) in [5, 5.41) is 3.09. The molecule has 1 saturated heterocycles. The van der Waals surface area contributed by atoms with Gasteiger partial charge < -0.3 is 19.5 Å². The number of likely N-dealkylation sites (tertiary alicyclic amines) is 1. The highest BCUT2D eigenvalue weighted by Gasteiger charge is 2.34. The van der Waals surface area contributed by atoms with Crippen LogP contribution in [-0.2, 0) is 11.2 Å². The largest absolute Gasteiger partial charge is 0.459 e. The molecule has 1 fully saturated rings. The third-order valence-corrected chi connectivity index (χ3v) is 5.66. The summed E-state index contributed by atoms with van der Waals surface area (Å²) >= 11 is 0. The van der Waals surface area contributed by atoms with E-state index in [1.807, 2.05) is 14.1 Å². The van der Waals surface area contributed by atoms with E-state index < -0.39 is 6.04 Å². The lowest BCUT2D eigenvalue weighted by atomic mass is 10.00. The van der Waals surface area contributed by atoms with E-state index >= 15 is 0 Å². The molecule has 0 spiro atoms. The van der Waals surface area contributed by atoms with Crippen LogP contribution in [0.1, 0.15) is 53.9 Å². The average molecular weight is 398 g/mol. The van der Waals surface area contributed by atoms with Crippen LogP contribution in [0.4, 0.5) is 0 Å². The minimum absolute atomic E-state index is 0.0719. The van der Waals surface area contributed by atoms with Gasteiger partial charge in [0.15, 0.2) is 5.76 Å². The molecule has 156 valence electrons. The number of carbonyl (C=O) groups excluding carboxylic acids is 2. The second kappa shape index (κ2) is 9.74. The minimum atomic E-state index is -0.452. The Kier molecular flexibility index (Phi) is 7.09. The zero-order valence-corrected chi connectivity index (χ0v) is 17.6. The van der Waals surface area contributed by atoms with Crippen LogP contribution in [-0.4, -0.2) is 54.8 Å². The lowest BCUT2D eigenvalue weighted by Gasteiger charge is -2.35. The predicted molar refractivity (Wildman–Crippen MR) is 113 cm³/mol. The Labute approximate surface area is 172 Å². The summed E-state index contributed by atoms with van der Waals surface area (Å²) < 4.78 is 5.25. The number of amides is 2. The highest BCUT2D eigenvalue weighted by molar-refractivity contribution is 5.95. The van der Waals surface area contributed by atoms with Crippen LogP contribution in [0, 0.1) is 0 Å². The number of benzene rings is 1. The molecule has 1 aliphatic heterocycles. The number of nitrogens with zero attached hydrogens (tertiary/aromatic N) is 2. The zero-order chi connectivity index (χ0) is 20.8. The molecule has 1 N–H and O–H groups in total. The van der Waals surface area contributed by atoms with Gasteiger partial charge in [-0.15, -0.1) is 0 Å². The van der Waals surface area contributed by atoms with Crippen LogP contribution in [0.3, 0.4) is 0 Å². The predicted octanol–water partition coefficient (Wildman–Crippen LogP) is 3.26. The monoisotopic (exact) mass is 397 g/mol. The van der Waals surface area contributed by atoms with Crippen molar-refractivity contribution in [1.29, 1.82) is 0 Å². The molecule has 2 amide bonds. The maximum absolute atomic E-state index is 13.0. The fraction of sp³-hybridized carbons (Fsp3) is 0.478. The molecule has 0 saturated carbocycles. The van der Waals surface area contributed by atoms with Gasteiger partial charge in [-0.05, 0) is 63.0 Å². The Bertz CT molecular complexity index is 799. The van der Waals surface area contributed by atoms with Gasteiger partial charge in [0.05, 0.1) is 12.3 Å². The summed E-state index contributed by atoms with van der Waals surface area (Å²) in [6.45, 7) is 3.21. The molecule has 0 aliphatic carbocycles. The molecule has 0 radical (unpaired) electrons. The number of furan rings is 1. The highest BCUT2D eigenvalue weighted by atomic mass is 16.3. The Balaban J connectivity index is 1.67. The van der Waals surface area contributed by atoms with E-state index in [0.717, 1.165) is 19.3 Å². The van der Waals surface area contributed by atoms with E-state index in [1.165, 1.54) is 17.4 Å². The van der Waals surface area contributed by atoms with Gasteiger partial charge in [-0.2, -0.15) is 0 Å². The molecule has 1 aromatic carbocycles. The molecule has 2 atom stereocenters. The molecule has 1 aliphatic rings. The van der Waals surface area contributed by atoms with E-state index in [0.29, 0.717) is 19.5 Å². The molecule has 0 bridgehead atoms. The third-order valence-electron chi connectivity index (χ3n) is 5.66. The summed E-state index contributed by atoms with van der Waals surface area (Å²) in [4.78, 5) is 29.5. The second-order valence-corrected chi connectivity index (χ2v) is 7.81. The molecular weight excluding hydrogens is 366 g/mol. The van der Waals surface area contributed by atoms with Gasteiger partial charge in [-0.3, -0.25) is 9.59 Å². The lowest BCUT2D eigenvalue weighted by molar-refractivity contribution is -0.126. The maximum atomic E-state index is 13.0. The molecule has 3 rings (SSSR count). The van der Waals surface area contributed by atoms with E-state index in [2.05, 4.69) is 41.4 Å². The van der Waals surface area contributed by atoms with Crippen molar-refractivity contribution in [3.8, 4) is 0 Å². The van der Waals surface area contributed by atoms with Crippen molar-refractivity contribution in [2.24, 2.45) is 0 Å². The molecule has 6 heteroatoms. The Morgan fingerprint density at radius 1 is 1.21 bits per heavy atom. The van der Waals surface area contributed by atoms with Crippen LogP contribution in [0.25, 0.3) is 0 Å². The molecule has 29 heavy (non-hydrogen) atoms. The molecule has 1 aromatic heterocycles. The van der Waals surface area contributed by atoms with Crippen molar-refractivity contribution in [2.45, 2.75) is 44.7 Å². The Morgan fingerprint density at radius 2 is 1.97 bits per heavy atom. The first kappa shape index (κ1) is 21.1. The molecule has 2 aromatic rings. The molecular formula is C23H31N3O3. The van der Waals surface area contributed by atoms with Crippen LogP contribution < -0.4 is 5.32 Å². The fourth-order valence-corrected chi connectivity index (χ4v) is 3.88. The maximum Gasteiger partial charge on any atom is 0.290 e. The highest BCUT2D eigenvalue weighted by Crippen LogP contribution is 2.22. The van der Waals surface area contributed by atoms with Crippen molar-refractivity contribution in [2.75, 3.05) is 27.2 Å². The van der Waals surface area contributed by atoms with Gasteiger partial charge in [0.1, 0.15) is 6.04 Å². The van der Waals surface area contributed by atoms with Crippen molar-refractivity contribution >= 4 is 11.8 Å². The standard InChI is InChI=1S/C23H31N3O3/c1-4-17-10-12-18(13-11-17)20(25(2)3)16-24-22(27)19-8-5-6-14-26(19)23(28)21-9-7-15-29-21/h7,9-13,15,19-20H,4-6,8,14,16H2,1-3H3,(H,24,27). The van der Waals surface area contributed by atoms with Crippen LogP contribution in [0.5, 0.6) is 0 Å². The van der Waals surface area contributed by atoms with Crippen LogP contribution in [0.2, 0.25) is 0 Å². The summed E-state index contributed by atoms with van der Waals surface area (Å²) in [6, 6.07) is 11.5. The minimum Gasteiger partial charge on any atom is -0.459 e. The van der Waals surface area contributed by atoms with E-state index in [-0.39, 0.29) is 23.6 Å². The number of piperidine rings is 1. The first-order chi connectivity index (χ1) is 14.0. The van der Waals surface area contributed by atoms with Gasteiger partial charge in [0.25, 0.3) is 5.91 Å². The smallest absolute Gasteiger partial charge is 0.290 e. The number of hydrogen-bond donors (Lipinski definition) is 1. The van der Waals surface area contributed by atoms with Gasteiger partial charge >= 0.3 is 0 Å². The van der Waals surface area contributed by atoms with Crippen LogP contribution in [0.15, 0.2) is 47.1 Å². The van der Waals surface area contributed by atoms with E-state index in [1.54, 1.807) is 17.0 Å². The van der Waals surface area contributed by atoms with Crippen molar-refractivity contribution < 1.29 is 14.0 Å². The van der Waals surface area contributed by atoms with Crippen LogP contribution >= 0.6 is 0 Å². The molecule has 6 nitrogen and oxygen atoms in total. The number of carbonyl (C=O) groups is 2. The quantitative estimate of drug-likeness (QED) is 0.779. The van der Waals surface area contributed by atoms with Crippen molar-refractivity contribution in [1.82, 2.24) is 15.1 Å². The summed E-state index contributed by atoms with van der Waals surface area (Å²) in [7, 11) is 4.02. The van der Waals surface area contributed by atoms with Gasteiger partial charge in [0.2, 0.25) is 5.91 Å². The lowest BCUT2D eigenvalue weighted by Crippen LogP contribution is -2.52. The number of rotatable bonds is 7. The number of hydrogen-bond acceptors (Lipinski definition) is 4. The fourth-order valence-electron chi connectivity index (χ4n) is 3.88. The average Bonchev–Trinajstić information content (AvgIpc) is 3.28. The molecule has 2 heterocycles. The molecule has 2 unspecified atom stereocenters. The van der Waals surface area contributed by atoms with Gasteiger partial charge in [0, 0.05) is 13.1 Å². The first-order valence-corrected chi connectivity index (χ1v) is 10.4. The normalized spacial score (nSPS) is 17.9. The number of aryl methyl sites for hydroxylation is 1. The van der Waals surface area contributed by atoms with E-state index in [9.17, 15) is 9.59 Å². The topological polar surface area (TPSA) is 65.8 Å². The summed E-state index contributed by atoms with van der Waals surface area (Å²) in [5.74, 6) is -0.0253. The van der Waals surface area contributed by atoms with E-state index in [4.69, 9.17) is 4.42 Å². The second-order valence-electron chi connectivity index (χ2n) is 7.81. The Morgan fingerprint density at radius 3 is 2.59 bits per heavy atom. The summed E-state index contributed by atoms with van der Waals surface area (Å²) in [5.41, 5.74) is 2.46. The Hall–Kier alpha value is -2.60. The SMILES string of the molecule is CCc1ccc(C(CNC(=O)C2CCCCN2C(=O)c2ccco2)N(C)C)cc1. The van der Waals surface area contributed by atoms with Crippen molar-refractivity contribution in [3.05, 3.63) is 59.5 Å². The third kappa shape index (κ3) is 5.07. The summed E-state index contributed by atoms with van der Waals surface area (Å²) in [6.07, 6.45) is 5.01. The van der Waals surface area contributed by atoms with Gasteiger partial charge in [-0.25, -0.2) is 0 Å². The number of likely N-dealkylation sites (N-methyl/N-ethyl adjacent to an activating group) is 1. The number of nitrogens with one attached hydrogen (secondary N) is 1. The van der Waals surface area contributed by atoms with Gasteiger partial charge in [-0.1, -0.05) is 31.2 Å². The first-order valence-electron chi connectivity index (χ1n) is 10.4. The zero-order valence-electron chi connectivity index (χ0n) is 17.6. The van der Waals surface area contributed by atoms with Crippen molar-refractivity contribution in [3.63, 3.8) is 0 Å².